The summed E-state index contributed by atoms with van der Waals surface area (Å²) in [6.07, 6.45) is 1.56. The first-order chi connectivity index (χ1) is 12.5. The number of hydrogen-bond donors (Lipinski definition) is 2. The van der Waals surface area contributed by atoms with Crippen LogP contribution in [0.4, 0.5) is 10.8 Å². The molecule has 0 saturated carbocycles. The van der Waals surface area contributed by atoms with Crippen LogP contribution in [0.15, 0.2) is 58.8 Å². The molecule has 2 aromatic heterocycles. The van der Waals surface area contributed by atoms with Crippen molar-refractivity contribution >= 4 is 34.0 Å². The van der Waals surface area contributed by atoms with Crippen LogP contribution in [0.5, 0.6) is 0 Å². The van der Waals surface area contributed by atoms with Gasteiger partial charge in [-0.15, -0.1) is 11.3 Å². The zero-order valence-electron chi connectivity index (χ0n) is 13.9. The van der Waals surface area contributed by atoms with E-state index in [1.54, 1.807) is 30.5 Å². The third kappa shape index (κ3) is 4.42. The first-order valence-electron chi connectivity index (χ1n) is 7.80. The van der Waals surface area contributed by atoms with Gasteiger partial charge in [0.15, 0.2) is 5.13 Å². The number of rotatable bonds is 5. The molecule has 26 heavy (non-hydrogen) atoms. The van der Waals surface area contributed by atoms with Crippen LogP contribution in [0.25, 0.3) is 11.3 Å². The highest BCUT2D eigenvalue weighted by Gasteiger charge is 2.09. The molecule has 2 N–H and O–H groups in total. The largest absolute Gasteiger partial charge is 0.326 e. The Kier molecular flexibility index (Phi) is 5.23. The molecule has 3 aromatic rings. The van der Waals surface area contributed by atoms with Crippen molar-refractivity contribution in [1.82, 2.24) is 9.55 Å². The second-order valence-corrected chi connectivity index (χ2v) is 6.37. The predicted molar refractivity (Wildman–Crippen MR) is 101 cm³/mol. The summed E-state index contributed by atoms with van der Waals surface area (Å²) in [5.41, 5.74) is 2.06. The Labute approximate surface area is 153 Å². The van der Waals surface area contributed by atoms with Gasteiger partial charge in [-0.1, -0.05) is 18.2 Å². The number of aromatic nitrogens is 2. The van der Waals surface area contributed by atoms with Crippen molar-refractivity contribution in [3.63, 3.8) is 0 Å². The predicted octanol–water partition coefficient (Wildman–Crippen LogP) is 2.57. The highest BCUT2D eigenvalue weighted by atomic mass is 32.1. The molecule has 2 heterocycles. The number of carbonyl (C=O) groups excluding carboxylic acids is 2. The highest BCUT2D eigenvalue weighted by Crippen LogP contribution is 2.26. The lowest BCUT2D eigenvalue weighted by molar-refractivity contribution is -0.117. The number of anilines is 2. The van der Waals surface area contributed by atoms with Crippen LogP contribution in [0.2, 0.25) is 0 Å². The lowest BCUT2D eigenvalue weighted by Gasteiger charge is -2.04. The third-order valence-electron chi connectivity index (χ3n) is 3.46. The van der Waals surface area contributed by atoms with Crippen molar-refractivity contribution in [2.75, 3.05) is 10.6 Å². The lowest BCUT2D eigenvalue weighted by atomic mass is 10.1. The molecule has 0 aliphatic rings. The Morgan fingerprint density at radius 1 is 1.12 bits per heavy atom. The summed E-state index contributed by atoms with van der Waals surface area (Å²) in [5, 5.41) is 7.69. The molecule has 8 heteroatoms. The van der Waals surface area contributed by atoms with Gasteiger partial charge in [-0.05, 0) is 18.2 Å². The van der Waals surface area contributed by atoms with Crippen LogP contribution in [0.1, 0.15) is 6.92 Å². The van der Waals surface area contributed by atoms with Gasteiger partial charge in [0.1, 0.15) is 6.54 Å². The number of benzene rings is 1. The summed E-state index contributed by atoms with van der Waals surface area (Å²) >= 11 is 1.30. The van der Waals surface area contributed by atoms with E-state index in [9.17, 15) is 14.4 Å². The van der Waals surface area contributed by atoms with Gasteiger partial charge in [-0.25, -0.2) is 4.98 Å². The van der Waals surface area contributed by atoms with E-state index in [0.717, 1.165) is 11.3 Å². The number of amides is 2. The number of pyridine rings is 1. The second kappa shape index (κ2) is 7.75. The molecule has 2 amide bonds. The van der Waals surface area contributed by atoms with Crippen LogP contribution < -0.4 is 16.2 Å². The SMILES string of the molecule is CC(=O)Nc1ccc(-c2csc(NC(=O)Cn3ccccc3=O)n2)cc1. The van der Waals surface area contributed by atoms with E-state index in [0.29, 0.717) is 10.8 Å². The maximum absolute atomic E-state index is 12.1. The Bertz CT molecular complexity index is 992. The third-order valence-corrected chi connectivity index (χ3v) is 4.22. The minimum atomic E-state index is -0.319. The number of thiazole rings is 1. The molecule has 0 unspecified atom stereocenters. The van der Waals surface area contributed by atoms with E-state index in [4.69, 9.17) is 0 Å². The topological polar surface area (TPSA) is 93.1 Å². The standard InChI is InChI=1S/C18H16N4O3S/c1-12(23)19-14-7-5-13(6-8-14)15-11-26-18(20-15)21-16(24)10-22-9-3-2-4-17(22)25/h2-9,11H,10H2,1H3,(H,19,23)(H,20,21,24). The monoisotopic (exact) mass is 368 g/mol. The van der Waals surface area contributed by atoms with Crippen LogP contribution in [0, 0.1) is 0 Å². The molecule has 132 valence electrons. The fourth-order valence-electron chi connectivity index (χ4n) is 2.30. The molecule has 0 saturated heterocycles. The molecule has 0 bridgehead atoms. The summed E-state index contributed by atoms with van der Waals surface area (Å²) in [7, 11) is 0. The van der Waals surface area contributed by atoms with Gasteiger partial charge in [0.25, 0.3) is 5.56 Å². The van der Waals surface area contributed by atoms with Gasteiger partial charge in [0, 0.05) is 35.8 Å². The number of nitrogens with one attached hydrogen (secondary N) is 2. The first-order valence-corrected chi connectivity index (χ1v) is 8.68. The van der Waals surface area contributed by atoms with Crippen LogP contribution >= 0.6 is 11.3 Å². The summed E-state index contributed by atoms with van der Waals surface area (Å²) in [4.78, 5) is 39.1. The Hall–Kier alpha value is -3.26. The van der Waals surface area contributed by atoms with E-state index in [2.05, 4.69) is 15.6 Å². The molecular formula is C18H16N4O3S. The summed E-state index contributed by atoms with van der Waals surface area (Å²) in [6, 6.07) is 12.0. The van der Waals surface area contributed by atoms with Crippen molar-refractivity contribution in [2.45, 2.75) is 13.5 Å². The molecule has 0 aliphatic carbocycles. The van der Waals surface area contributed by atoms with Gasteiger partial charge < -0.3 is 15.2 Å². The highest BCUT2D eigenvalue weighted by molar-refractivity contribution is 7.14. The van der Waals surface area contributed by atoms with Crippen molar-refractivity contribution in [3.05, 3.63) is 64.4 Å². The van der Waals surface area contributed by atoms with E-state index in [1.165, 1.54) is 28.9 Å². The van der Waals surface area contributed by atoms with Gasteiger partial charge >= 0.3 is 0 Å². The molecule has 3 rings (SSSR count). The summed E-state index contributed by atoms with van der Waals surface area (Å²) in [5.74, 6) is -0.450. The average molecular weight is 368 g/mol. The molecule has 0 radical (unpaired) electrons. The van der Waals surface area contributed by atoms with Crippen LogP contribution in [-0.4, -0.2) is 21.4 Å². The van der Waals surface area contributed by atoms with Crippen LogP contribution in [0.3, 0.4) is 0 Å². The van der Waals surface area contributed by atoms with Crippen LogP contribution in [-0.2, 0) is 16.1 Å². The molecule has 0 atom stereocenters. The normalized spacial score (nSPS) is 10.3. The zero-order valence-corrected chi connectivity index (χ0v) is 14.7. The number of carbonyl (C=O) groups is 2. The fraction of sp³-hybridized carbons (Fsp3) is 0.111. The number of nitrogens with zero attached hydrogens (tertiary/aromatic N) is 2. The van der Waals surface area contributed by atoms with Crippen molar-refractivity contribution in [3.8, 4) is 11.3 Å². The quantitative estimate of drug-likeness (QED) is 0.724. The van der Waals surface area contributed by atoms with Gasteiger partial charge in [-0.3, -0.25) is 14.4 Å². The molecule has 0 spiro atoms. The molecule has 0 fully saturated rings. The molecule has 1 aromatic carbocycles. The fourth-order valence-corrected chi connectivity index (χ4v) is 3.03. The summed E-state index contributed by atoms with van der Waals surface area (Å²) in [6.45, 7) is 1.38. The number of hydrogen-bond acceptors (Lipinski definition) is 5. The smallest absolute Gasteiger partial charge is 0.250 e. The first kappa shape index (κ1) is 17.6. The zero-order chi connectivity index (χ0) is 18.5. The molecule has 7 nitrogen and oxygen atoms in total. The molecular weight excluding hydrogens is 352 g/mol. The lowest BCUT2D eigenvalue weighted by Crippen LogP contribution is -2.26. The minimum absolute atomic E-state index is 0.0694. The van der Waals surface area contributed by atoms with E-state index in [-0.39, 0.29) is 23.9 Å². The Balaban J connectivity index is 1.66. The Morgan fingerprint density at radius 2 is 1.88 bits per heavy atom. The van der Waals surface area contributed by atoms with Gasteiger partial charge in [0.05, 0.1) is 5.69 Å². The van der Waals surface area contributed by atoms with E-state index < -0.39 is 0 Å². The average Bonchev–Trinajstić information content (AvgIpc) is 3.05. The van der Waals surface area contributed by atoms with Crippen molar-refractivity contribution < 1.29 is 9.59 Å². The van der Waals surface area contributed by atoms with Gasteiger partial charge in [0.2, 0.25) is 11.8 Å². The maximum Gasteiger partial charge on any atom is 0.250 e. The van der Waals surface area contributed by atoms with Gasteiger partial charge in [-0.2, -0.15) is 0 Å². The van der Waals surface area contributed by atoms with Crippen molar-refractivity contribution in [1.29, 1.82) is 0 Å². The summed E-state index contributed by atoms with van der Waals surface area (Å²) < 4.78 is 1.32. The van der Waals surface area contributed by atoms with Crippen molar-refractivity contribution in [2.24, 2.45) is 0 Å². The maximum atomic E-state index is 12.1. The Morgan fingerprint density at radius 3 is 2.58 bits per heavy atom. The second-order valence-electron chi connectivity index (χ2n) is 5.51. The molecule has 0 aliphatic heterocycles. The minimum Gasteiger partial charge on any atom is -0.326 e. The van der Waals surface area contributed by atoms with E-state index in [1.807, 2.05) is 17.5 Å². The van der Waals surface area contributed by atoms with E-state index >= 15 is 0 Å².